The highest BCUT2D eigenvalue weighted by Crippen LogP contribution is 2.14. The molecule has 0 bridgehead atoms. The molecule has 1 atom stereocenters. The van der Waals surface area contributed by atoms with E-state index in [4.69, 9.17) is 0 Å². The van der Waals surface area contributed by atoms with Crippen LogP contribution in [-0.2, 0) is 24.3 Å². The van der Waals surface area contributed by atoms with Gasteiger partial charge in [-0.3, -0.25) is 14.5 Å². The maximum atomic E-state index is 12.2. The highest BCUT2D eigenvalue weighted by atomic mass is 127. The Hall–Kier alpha value is -2.40. The standard InChI is InChI=1S/C22H28N6OS.HI/c1-17(12-20-8-4-11-30-20)14-24-22(23-2)25-15-18-6-3-7-19(13-18)27-21(29)16-28-10-5-9-26-28;/h3-11,13,17H,12,14-16H2,1-2H3,(H,27,29)(H2,23,24,25);1H. The summed E-state index contributed by atoms with van der Waals surface area (Å²) < 4.78 is 1.59. The van der Waals surface area contributed by atoms with Gasteiger partial charge in [-0.05, 0) is 47.5 Å². The normalized spacial score (nSPS) is 12.0. The van der Waals surface area contributed by atoms with Gasteiger partial charge in [-0.1, -0.05) is 25.1 Å². The van der Waals surface area contributed by atoms with Crippen molar-refractivity contribution in [1.29, 1.82) is 0 Å². The lowest BCUT2D eigenvalue weighted by Gasteiger charge is -2.16. The molecule has 0 fully saturated rings. The van der Waals surface area contributed by atoms with Crippen molar-refractivity contribution >= 4 is 52.9 Å². The first kappa shape index (κ1) is 24.9. The number of benzene rings is 1. The number of rotatable bonds is 9. The molecule has 0 aliphatic rings. The van der Waals surface area contributed by atoms with Crippen LogP contribution in [0.2, 0.25) is 0 Å². The van der Waals surface area contributed by atoms with Crippen LogP contribution in [-0.4, -0.2) is 35.2 Å². The second-order valence-corrected chi connectivity index (χ2v) is 8.18. The van der Waals surface area contributed by atoms with Crippen molar-refractivity contribution in [2.75, 3.05) is 18.9 Å². The lowest BCUT2D eigenvalue weighted by Crippen LogP contribution is -2.39. The van der Waals surface area contributed by atoms with Gasteiger partial charge in [0.25, 0.3) is 0 Å². The average Bonchev–Trinajstić information content (AvgIpc) is 3.42. The average molecular weight is 552 g/mol. The number of nitrogens with zero attached hydrogens (tertiary/aromatic N) is 3. The molecule has 166 valence electrons. The molecule has 9 heteroatoms. The first-order chi connectivity index (χ1) is 14.6. The number of anilines is 1. The number of carbonyl (C=O) groups excluding carboxylic acids is 1. The van der Waals surface area contributed by atoms with E-state index in [-0.39, 0.29) is 36.4 Å². The fourth-order valence-electron chi connectivity index (χ4n) is 3.02. The summed E-state index contributed by atoms with van der Waals surface area (Å²) in [6, 6.07) is 13.8. The molecule has 2 heterocycles. The van der Waals surface area contributed by atoms with Crippen molar-refractivity contribution in [2.24, 2.45) is 10.9 Å². The lowest BCUT2D eigenvalue weighted by atomic mass is 10.1. The fraction of sp³-hybridized carbons (Fsp3) is 0.318. The van der Waals surface area contributed by atoms with Gasteiger partial charge in [0.2, 0.25) is 5.91 Å². The van der Waals surface area contributed by atoms with Crippen LogP contribution in [0, 0.1) is 5.92 Å². The molecule has 0 saturated carbocycles. The summed E-state index contributed by atoms with van der Waals surface area (Å²) in [6.45, 7) is 3.88. The Kier molecular flexibility index (Phi) is 10.5. The Morgan fingerprint density at radius 3 is 2.81 bits per heavy atom. The van der Waals surface area contributed by atoms with Crippen LogP contribution in [0.5, 0.6) is 0 Å². The zero-order valence-electron chi connectivity index (χ0n) is 17.7. The maximum absolute atomic E-state index is 12.2. The van der Waals surface area contributed by atoms with Crippen molar-refractivity contribution in [2.45, 2.75) is 26.4 Å². The number of nitrogens with one attached hydrogen (secondary N) is 3. The third-order valence-corrected chi connectivity index (χ3v) is 5.41. The fourth-order valence-corrected chi connectivity index (χ4v) is 3.89. The molecule has 1 amide bonds. The van der Waals surface area contributed by atoms with Crippen LogP contribution in [0.25, 0.3) is 0 Å². The van der Waals surface area contributed by atoms with Gasteiger partial charge >= 0.3 is 0 Å². The summed E-state index contributed by atoms with van der Waals surface area (Å²) in [6.07, 6.45) is 4.48. The van der Waals surface area contributed by atoms with Crippen molar-refractivity contribution < 1.29 is 4.79 Å². The highest BCUT2D eigenvalue weighted by molar-refractivity contribution is 14.0. The molecule has 31 heavy (non-hydrogen) atoms. The van der Waals surface area contributed by atoms with Crippen molar-refractivity contribution in [3.63, 3.8) is 0 Å². The quantitative estimate of drug-likeness (QED) is 0.215. The predicted octanol–water partition coefficient (Wildman–Crippen LogP) is 3.75. The SMILES string of the molecule is CN=C(NCc1cccc(NC(=O)Cn2cccn2)c1)NCC(C)Cc1cccs1.I. The number of aromatic nitrogens is 2. The molecular formula is C22H29IN6OS. The van der Waals surface area contributed by atoms with Crippen LogP contribution in [0.3, 0.4) is 0 Å². The summed E-state index contributed by atoms with van der Waals surface area (Å²) in [7, 11) is 1.77. The van der Waals surface area contributed by atoms with Crippen LogP contribution in [0.1, 0.15) is 17.4 Å². The van der Waals surface area contributed by atoms with Gasteiger partial charge in [0, 0.05) is 43.1 Å². The molecule has 2 aromatic heterocycles. The number of hydrogen-bond acceptors (Lipinski definition) is 4. The van der Waals surface area contributed by atoms with Crippen LogP contribution >= 0.6 is 35.3 Å². The number of hydrogen-bond donors (Lipinski definition) is 3. The Balaban J connectivity index is 0.00000341. The third kappa shape index (κ3) is 8.70. The van der Waals surface area contributed by atoms with Crippen molar-refractivity contribution in [3.05, 3.63) is 70.7 Å². The number of guanidine groups is 1. The van der Waals surface area contributed by atoms with Gasteiger partial charge in [-0.15, -0.1) is 35.3 Å². The second kappa shape index (κ2) is 13.1. The van der Waals surface area contributed by atoms with E-state index < -0.39 is 0 Å². The van der Waals surface area contributed by atoms with Gasteiger partial charge in [0.05, 0.1) is 0 Å². The van der Waals surface area contributed by atoms with Gasteiger partial charge in [-0.2, -0.15) is 5.10 Å². The van der Waals surface area contributed by atoms with Gasteiger partial charge in [0.1, 0.15) is 6.54 Å². The predicted molar refractivity (Wildman–Crippen MR) is 138 cm³/mol. The lowest BCUT2D eigenvalue weighted by molar-refractivity contribution is -0.116. The van der Waals surface area contributed by atoms with E-state index >= 15 is 0 Å². The molecule has 0 spiro atoms. The van der Waals surface area contributed by atoms with Gasteiger partial charge in [-0.25, -0.2) is 0 Å². The van der Waals surface area contributed by atoms with E-state index in [0.29, 0.717) is 12.5 Å². The highest BCUT2D eigenvalue weighted by Gasteiger charge is 2.07. The Labute approximate surface area is 204 Å². The molecule has 1 aromatic carbocycles. The minimum atomic E-state index is -0.110. The molecule has 7 nitrogen and oxygen atoms in total. The minimum Gasteiger partial charge on any atom is -0.356 e. The zero-order chi connectivity index (χ0) is 21.2. The first-order valence-corrected chi connectivity index (χ1v) is 10.8. The monoisotopic (exact) mass is 552 g/mol. The topological polar surface area (TPSA) is 83.3 Å². The molecule has 0 saturated heterocycles. The van der Waals surface area contributed by atoms with E-state index in [9.17, 15) is 4.79 Å². The summed E-state index contributed by atoms with van der Waals surface area (Å²) in [5.41, 5.74) is 1.82. The van der Waals surface area contributed by atoms with Crippen LogP contribution in [0.15, 0.2) is 65.2 Å². The second-order valence-electron chi connectivity index (χ2n) is 7.15. The van der Waals surface area contributed by atoms with Crippen LogP contribution in [0.4, 0.5) is 5.69 Å². The van der Waals surface area contributed by atoms with E-state index in [1.165, 1.54) is 4.88 Å². The summed E-state index contributed by atoms with van der Waals surface area (Å²) in [5, 5.41) is 15.8. The van der Waals surface area contributed by atoms with Gasteiger partial charge < -0.3 is 16.0 Å². The molecule has 0 radical (unpaired) electrons. The van der Waals surface area contributed by atoms with E-state index in [0.717, 1.165) is 30.2 Å². The summed E-state index contributed by atoms with van der Waals surface area (Å²) in [5.74, 6) is 1.16. The van der Waals surface area contributed by atoms with Crippen LogP contribution < -0.4 is 16.0 Å². The maximum Gasteiger partial charge on any atom is 0.246 e. The number of carbonyl (C=O) groups is 1. The number of amides is 1. The first-order valence-electron chi connectivity index (χ1n) is 9.95. The zero-order valence-corrected chi connectivity index (χ0v) is 20.9. The molecule has 0 aliphatic carbocycles. The van der Waals surface area contributed by atoms with E-state index in [1.54, 1.807) is 41.5 Å². The molecule has 3 rings (SSSR count). The summed E-state index contributed by atoms with van der Waals surface area (Å²) in [4.78, 5) is 17.9. The number of halogens is 1. The molecular weight excluding hydrogens is 523 g/mol. The largest absolute Gasteiger partial charge is 0.356 e. The molecule has 3 aromatic rings. The Bertz CT molecular complexity index is 943. The number of aliphatic imine (C=N–C) groups is 1. The summed E-state index contributed by atoms with van der Waals surface area (Å²) >= 11 is 1.80. The van der Waals surface area contributed by atoms with Crippen molar-refractivity contribution in [1.82, 2.24) is 20.4 Å². The minimum absolute atomic E-state index is 0. The van der Waals surface area contributed by atoms with Crippen molar-refractivity contribution in [3.8, 4) is 0 Å². The van der Waals surface area contributed by atoms with E-state index in [1.807, 2.05) is 24.3 Å². The van der Waals surface area contributed by atoms with E-state index in [2.05, 4.69) is 50.5 Å². The third-order valence-electron chi connectivity index (χ3n) is 4.51. The Morgan fingerprint density at radius 1 is 1.23 bits per heavy atom. The Morgan fingerprint density at radius 2 is 2.10 bits per heavy atom. The molecule has 1 unspecified atom stereocenters. The molecule has 0 aliphatic heterocycles. The number of thiophene rings is 1. The molecule has 3 N–H and O–H groups in total. The smallest absolute Gasteiger partial charge is 0.246 e. The van der Waals surface area contributed by atoms with Gasteiger partial charge in [0.15, 0.2) is 5.96 Å².